The first-order valence-electron chi connectivity index (χ1n) is 4.91. The minimum atomic E-state index is 0.746. The molecule has 1 nitrogen and oxygen atoms in total. The fourth-order valence-electron chi connectivity index (χ4n) is 1.63. The number of nitrogens with one attached hydrogen (secondary N) is 1. The lowest BCUT2D eigenvalue weighted by molar-refractivity contribution is 0.385. The van der Waals surface area contributed by atoms with Gasteiger partial charge in [-0.1, -0.05) is 26.7 Å². The summed E-state index contributed by atoms with van der Waals surface area (Å²) in [4.78, 5) is 0. The third-order valence-electron chi connectivity index (χ3n) is 2.76. The highest BCUT2D eigenvalue weighted by Gasteiger charge is 2.22. The Morgan fingerprint density at radius 3 is 2.36 bits per heavy atom. The quantitative estimate of drug-likeness (QED) is 0.643. The summed E-state index contributed by atoms with van der Waals surface area (Å²) in [5.41, 5.74) is 0. The molecule has 0 aliphatic heterocycles. The summed E-state index contributed by atoms with van der Waals surface area (Å²) >= 11 is 0. The van der Waals surface area contributed by atoms with E-state index >= 15 is 0 Å². The van der Waals surface area contributed by atoms with Gasteiger partial charge < -0.3 is 5.32 Å². The molecule has 1 heteroatoms. The zero-order valence-corrected chi connectivity index (χ0v) is 8.06. The molecule has 1 fully saturated rings. The predicted octanol–water partition coefficient (Wildman–Crippen LogP) is 2.42. The van der Waals surface area contributed by atoms with Gasteiger partial charge in [-0.15, -0.1) is 0 Å². The van der Waals surface area contributed by atoms with E-state index in [1.165, 1.54) is 25.7 Å². The first kappa shape index (κ1) is 9.05. The van der Waals surface area contributed by atoms with Crippen LogP contribution in [0.5, 0.6) is 0 Å². The molecular formula is C10H21N. The van der Waals surface area contributed by atoms with E-state index in [4.69, 9.17) is 0 Å². The normalized spacial score (nSPS) is 20.7. The monoisotopic (exact) mass is 155 g/mol. The number of hydrogen-bond acceptors (Lipinski definition) is 1. The molecule has 1 unspecified atom stereocenters. The van der Waals surface area contributed by atoms with Gasteiger partial charge in [-0.2, -0.15) is 0 Å². The largest absolute Gasteiger partial charge is 0.317 e. The molecule has 1 aliphatic rings. The van der Waals surface area contributed by atoms with E-state index in [0.29, 0.717) is 0 Å². The molecule has 1 N–H and O–H groups in total. The molecule has 0 heterocycles. The molecule has 0 spiro atoms. The molecule has 1 atom stereocenters. The van der Waals surface area contributed by atoms with Gasteiger partial charge in [0.1, 0.15) is 0 Å². The average molecular weight is 155 g/mol. The van der Waals surface area contributed by atoms with Gasteiger partial charge in [-0.05, 0) is 31.7 Å². The van der Waals surface area contributed by atoms with Gasteiger partial charge in [0.25, 0.3) is 0 Å². The summed E-state index contributed by atoms with van der Waals surface area (Å²) in [5.74, 6) is 1.88. The van der Waals surface area contributed by atoms with Crippen LogP contribution in [0.4, 0.5) is 0 Å². The van der Waals surface area contributed by atoms with Gasteiger partial charge in [0.2, 0.25) is 0 Å². The van der Waals surface area contributed by atoms with Crippen molar-refractivity contribution in [3.63, 3.8) is 0 Å². The molecule has 0 bridgehead atoms. The lowest BCUT2D eigenvalue weighted by atomic mass is 9.98. The molecule has 0 aromatic heterocycles. The Bertz CT molecular complexity index is 105. The zero-order valence-electron chi connectivity index (χ0n) is 8.06. The Morgan fingerprint density at radius 2 is 2.00 bits per heavy atom. The van der Waals surface area contributed by atoms with Crippen molar-refractivity contribution >= 4 is 0 Å². The Hall–Kier alpha value is -0.0400. The Balaban J connectivity index is 2.08. The summed E-state index contributed by atoms with van der Waals surface area (Å²) in [5, 5.41) is 3.38. The SMILES string of the molecule is CNC(CCC1CC1)C(C)C. The number of hydrogen-bond donors (Lipinski definition) is 1. The second kappa shape index (κ2) is 4.10. The van der Waals surface area contributed by atoms with Crippen LogP contribution in [0.1, 0.15) is 39.5 Å². The second-order valence-electron chi connectivity index (χ2n) is 4.16. The summed E-state index contributed by atoms with van der Waals surface area (Å²) < 4.78 is 0. The van der Waals surface area contributed by atoms with E-state index < -0.39 is 0 Å². The average Bonchev–Trinajstić information content (AvgIpc) is 2.72. The molecule has 66 valence electrons. The highest BCUT2D eigenvalue weighted by molar-refractivity contribution is 4.77. The van der Waals surface area contributed by atoms with Crippen LogP contribution >= 0.6 is 0 Å². The molecule has 1 aliphatic carbocycles. The lowest BCUT2D eigenvalue weighted by Gasteiger charge is -2.19. The highest BCUT2D eigenvalue weighted by atomic mass is 14.9. The first-order valence-corrected chi connectivity index (χ1v) is 4.91. The molecule has 1 saturated carbocycles. The van der Waals surface area contributed by atoms with Crippen molar-refractivity contribution in [1.82, 2.24) is 5.32 Å². The fraction of sp³-hybridized carbons (Fsp3) is 1.00. The first-order chi connectivity index (χ1) is 5.24. The second-order valence-corrected chi connectivity index (χ2v) is 4.16. The molecule has 0 aromatic carbocycles. The van der Waals surface area contributed by atoms with Crippen molar-refractivity contribution in [2.45, 2.75) is 45.6 Å². The maximum Gasteiger partial charge on any atom is 0.00871 e. The third-order valence-corrected chi connectivity index (χ3v) is 2.76. The molecule has 11 heavy (non-hydrogen) atoms. The lowest BCUT2D eigenvalue weighted by Crippen LogP contribution is -2.30. The van der Waals surface area contributed by atoms with Gasteiger partial charge in [0.05, 0.1) is 0 Å². The standard InChI is InChI=1S/C10H21N/c1-8(2)10(11-3)7-6-9-4-5-9/h8-11H,4-7H2,1-3H3. The van der Waals surface area contributed by atoms with Gasteiger partial charge in [-0.3, -0.25) is 0 Å². The van der Waals surface area contributed by atoms with E-state index in [-0.39, 0.29) is 0 Å². The van der Waals surface area contributed by atoms with Crippen molar-refractivity contribution < 1.29 is 0 Å². The molecule has 0 amide bonds. The molecular weight excluding hydrogens is 134 g/mol. The van der Waals surface area contributed by atoms with Crippen LogP contribution in [0, 0.1) is 11.8 Å². The molecule has 0 aromatic rings. The van der Waals surface area contributed by atoms with Crippen molar-refractivity contribution in [2.24, 2.45) is 11.8 Å². The van der Waals surface area contributed by atoms with E-state index in [9.17, 15) is 0 Å². The summed E-state index contributed by atoms with van der Waals surface area (Å²) in [6, 6.07) is 0.746. The zero-order chi connectivity index (χ0) is 8.27. The summed E-state index contributed by atoms with van der Waals surface area (Å²) in [7, 11) is 2.08. The van der Waals surface area contributed by atoms with Crippen LogP contribution in [0.25, 0.3) is 0 Å². The van der Waals surface area contributed by atoms with E-state index in [1.54, 1.807) is 0 Å². The minimum absolute atomic E-state index is 0.746. The van der Waals surface area contributed by atoms with Crippen molar-refractivity contribution in [1.29, 1.82) is 0 Å². The van der Waals surface area contributed by atoms with E-state index in [0.717, 1.165) is 17.9 Å². The van der Waals surface area contributed by atoms with Gasteiger partial charge in [0.15, 0.2) is 0 Å². The van der Waals surface area contributed by atoms with Gasteiger partial charge in [-0.25, -0.2) is 0 Å². The predicted molar refractivity (Wildman–Crippen MR) is 49.6 cm³/mol. The van der Waals surface area contributed by atoms with E-state index in [1.807, 2.05) is 0 Å². The number of rotatable bonds is 5. The van der Waals surface area contributed by atoms with Crippen LogP contribution in [0.2, 0.25) is 0 Å². The van der Waals surface area contributed by atoms with Crippen molar-refractivity contribution in [3.8, 4) is 0 Å². The minimum Gasteiger partial charge on any atom is -0.317 e. The van der Waals surface area contributed by atoms with Gasteiger partial charge in [0, 0.05) is 6.04 Å². The fourth-order valence-corrected chi connectivity index (χ4v) is 1.63. The van der Waals surface area contributed by atoms with E-state index in [2.05, 4.69) is 26.2 Å². The maximum absolute atomic E-state index is 3.38. The molecule has 0 radical (unpaired) electrons. The summed E-state index contributed by atoms with van der Waals surface area (Å²) in [6.45, 7) is 4.60. The van der Waals surface area contributed by atoms with Crippen LogP contribution < -0.4 is 5.32 Å². The van der Waals surface area contributed by atoms with Crippen LogP contribution in [-0.2, 0) is 0 Å². The highest BCUT2D eigenvalue weighted by Crippen LogP contribution is 2.34. The summed E-state index contributed by atoms with van der Waals surface area (Å²) in [6.07, 6.45) is 5.81. The van der Waals surface area contributed by atoms with Crippen LogP contribution in [-0.4, -0.2) is 13.1 Å². The third kappa shape index (κ3) is 3.24. The van der Waals surface area contributed by atoms with Crippen molar-refractivity contribution in [3.05, 3.63) is 0 Å². The maximum atomic E-state index is 3.38. The Morgan fingerprint density at radius 1 is 1.36 bits per heavy atom. The Kier molecular flexibility index (Phi) is 3.38. The smallest absolute Gasteiger partial charge is 0.00871 e. The van der Waals surface area contributed by atoms with Crippen molar-refractivity contribution in [2.75, 3.05) is 7.05 Å². The van der Waals surface area contributed by atoms with Crippen LogP contribution in [0.3, 0.4) is 0 Å². The molecule has 1 rings (SSSR count). The Labute approximate surface area is 70.6 Å². The van der Waals surface area contributed by atoms with Crippen LogP contribution in [0.15, 0.2) is 0 Å². The topological polar surface area (TPSA) is 12.0 Å². The van der Waals surface area contributed by atoms with Gasteiger partial charge >= 0.3 is 0 Å². The molecule has 0 saturated heterocycles.